The highest BCUT2D eigenvalue weighted by atomic mass is 32.2. The van der Waals surface area contributed by atoms with Gasteiger partial charge in [0.15, 0.2) is 5.16 Å². The topological polar surface area (TPSA) is 69.0 Å². The molecule has 1 aromatic carbocycles. The molecule has 128 valence electrons. The van der Waals surface area contributed by atoms with Crippen molar-refractivity contribution in [3.8, 4) is 11.6 Å². The molecule has 0 radical (unpaired) electrons. The molecule has 0 aliphatic heterocycles. The average molecular weight is 354 g/mol. The first-order valence-corrected chi connectivity index (χ1v) is 8.90. The molecule has 0 aliphatic carbocycles. The number of carbonyl (C=O) groups is 1. The number of rotatable bonds is 6. The van der Waals surface area contributed by atoms with Gasteiger partial charge in [0.2, 0.25) is 5.88 Å². The summed E-state index contributed by atoms with van der Waals surface area (Å²) in [7, 11) is 1.56. The Labute approximate surface area is 150 Å². The highest BCUT2D eigenvalue weighted by Gasteiger charge is 2.17. The van der Waals surface area contributed by atoms with Crippen molar-refractivity contribution in [1.29, 1.82) is 0 Å². The zero-order valence-electron chi connectivity index (χ0n) is 14.0. The third-order valence-electron chi connectivity index (χ3n) is 3.64. The standard InChI is InChI=1S/C18H18N4O2S/c1-24-17-13(7-6-10-19-17)11-20-16(23)15-12-21-18(25-2)22(15)14-8-4-3-5-9-14/h3-10,12H,11H2,1-2H3,(H,20,23). The Hall–Kier alpha value is -2.80. The van der Waals surface area contributed by atoms with Crippen molar-refractivity contribution in [3.05, 3.63) is 66.1 Å². The van der Waals surface area contributed by atoms with Crippen molar-refractivity contribution in [3.63, 3.8) is 0 Å². The fourth-order valence-electron chi connectivity index (χ4n) is 2.47. The van der Waals surface area contributed by atoms with Gasteiger partial charge in [0.25, 0.3) is 5.91 Å². The lowest BCUT2D eigenvalue weighted by atomic mass is 10.2. The molecule has 0 spiro atoms. The summed E-state index contributed by atoms with van der Waals surface area (Å²) >= 11 is 1.49. The minimum absolute atomic E-state index is 0.206. The number of pyridine rings is 1. The highest BCUT2D eigenvalue weighted by Crippen LogP contribution is 2.22. The van der Waals surface area contributed by atoms with E-state index in [9.17, 15) is 4.79 Å². The SMILES string of the molecule is COc1ncccc1CNC(=O)c1cnc(SC)n1-c1ccccc1. The first-order valence-electron chi connectivity index (χ1n) is 7.68. The number of hydrogen-bond acceptors (Lipinski definition) is 5. The molecule has 1 N–H and O–H groups in total. The van der Waals surface area contributed by atoms with Gasteiger partial charge in [0.05, 0.1) is 13.3 Å². The molecule has 2 heterocycles. The van der Waals surface area contributed by atoms with Crippen LogP contribution in [0.25, 0.3) is 5.69 Å². The molecule has 0 bridgehead atoms. The van der Waals surface area contributed by atoms with Gasteiger partial charge in [-0.1, -0.05) is 36.0 Å². The maximum atomic E-state index is 12.7. The maximum Gasteiger partial charge on any atom is 0.270 e. The zero-order chi connectivity index (χ0) is 17.6. The molecule has 0 atom stereocenters. The number of aromatic nitrogens is 3. The van der Waals surface area contributed by atoms with Gasteiger partial charge < -0.3 is 10.1 Å². The number of hydrogen-bond donors (Lipinski definition) is 1. The van der Waals surface area contributed by atoms with E-state index in [0.29, 0.717) is 18.1 Å². The van der Waals surface area contributed by atoms with Crippen LogP contribution < -0.4 is 10.1 Å². The van der Waals surface area contributed by atoms with Crippen molar-refractivity contribution in [2.24, 2.45) is 0 Å². The second-order valence-electron chi connectivity index (χ2n) is 5.16. The molecule has 0 aliphatic rings. The van der Waals surface area contributed by atoms with Gasteiger partial charge in [0.1, 0.15) is 5.69 Å². The molecule has 0 saturated carbocycles. The quantitative estimate of drug-likeness (QED) is 0.689. The number of thioether (sulfide) groups is 1. The summed E-state index contributed by atoms with van der Waals surface area (Å²) < 4.78 is 7.06. The van der Waals surface area contributed by atoms with E-state index in [1.54, 1.807) is 19.5 Å². The lowest BCUT2D eigenvalue weighted by Gasteiger charge is -2.12. The van der Waals surface area contributed by atoms with Crippen LogP contribution in [0.15, 0.2) is 60.0 Å². The number of imidazole rings is 1. The smallest absolute Gasteiger partial charge is 0.270 e. The Morgan fingerprint density at radius 1 is 1.20 bits per heavy atom. The zero-order valence-corrected chi connectivity index (χ0v) is 14.8. The van der Waals surface area contributed by atoms with Crippen LogP contribution in [0.4, 0.5) is 0 Å². The summed E-state index contributed by atoms with van der Waals surface area (Å²) in [6.45, 7) is 0.324. The summed E-state index contributed by atoms with van der Waals surface area (Å²) in [4.78, 5) is 21.2. The van der Waals surface area contributed by atoms with Crippen LogP contribution in [0.1, 0.15) is 16.1 Å². The first kappa shape index (κ1) is 17.0. The fraction of sp³-hybridized carbons (Fsp3) is 0.167. The first-order chi connectivity index (χ1) is 12.2. The largest absolute Gasteiger partial charge is 0.481 e. The fourth-order valence-corrected chi connectivity index (χ4v) is 3.02. The van der Waals surface area contributed by atoms with Crippen molar-refractivity contribution in [2.45, 2.75) is 11.7 Å². The van der Waals surface area contributed by atoms with Crippen molar-refractivity contribution in [2.75, 3.05) is 13.4 Å². The summed E-state index contributed by atoms with van der Waals surface area (Å²) in [6, 6.07) is 13.4. The Morgan fingerprint density at radius 3 is 2.72 bits per heavy atom. The van der Waals surface area contributed by atoms with E-state index in [0.717, 1.165) is 16.4 Å². The van der Waals surface area contributed by atoms with Crippen LogP contribution in [0.3, 0.4) is 0 Å². The van der Waals surface area contributed by atoms with Gasteiger partial charge in [0, 0.05) is 24.0 Å². The molecule has 0 unspecified atom stereocenters. The lowest BCUT2D eigenvalue weighted by molar-refractivity contribution is 0.0943. The number of nitrogens with one attached hydrogen (secondary N) is 1. The van der Waals surface area contributed by atoms with E-state index < -0.39 is 0 Å². The predicted molar refractivity (Wildman–Crippen MR) is 97.3 cm³/mol. The van der Waals surface area contributed by atoms with Gasteiger partial charge in [-0.25, -0.2) is 9.97 Å². The summed E-state index contributed by atoms with van der Waals surface area (Å²) in [6.07, 6.45) is 5.18. The Balaban J connectivity index is 1.85. The molecule has 25 heavy (non-hydrogen) atoms. The third-order valence-corrected chi connectivity index (χ3v) is 4.29. The van der Waals surface area contributed by atoms with Gasteiger partial charge in [-0.2, -0.15) is 0 Å². The van der Waals surface area contributed by atoms with Crippen LogP contribution in [0.5, 0.6) is 5.88 Å². The molecule has 0 fully saturated rings. The summed E-state index contributed by atoms with van der Waals surface area (Å²) in [5, 5.41) is 3.67. The van der Waals surface area contributed by atoms with E-state index in [1.165, 1.54) is 11.8 Å². The number of benzene rings is 1. The number of ether oxygens (including phenoxy) is 1. The van der Waals surface area contributed by atoms with Crippen molar-refractivity contribution < 1.29 is 9.53 Å². The predicted octanol–water partition coefficient (Wildman–Crippen LogP) is 2.93. The molecule has 6 nitrogen and oxygen atoms in total. The molecule has 2 aromatic heterocycles. The van der Waals surface area contributed by atoms with Gasteiger partial charge in [-0.3, -0.25) is 9.36 Å². The van der Waals surface area contributed by atoms with Crippen LogP contribution >= 0.6 is 11.8 Å². The Morgan fingerprint density at radius 2 is 2.00 bits per heavy atom. The average Bonchev–Trinajstić information content (AvgIpc) is 3.11. The van der Waals surface area contributed by atoms with E-state index >= 15 is 0 Å². The van der Waals surface area contributed by atoms with Crippen LogP contribution in [0.2, 0.25) is 0 Å². The molecular formula is C18H18N4O2S. The second-order valence-corrected chi connectivity index (χ2v) is 5.93. The van der Waals surface area contributed by atoms with E-state index in [-0.39, 0.29) is 5.91 Å². The van der Waals surface area contributed by atoms with E-state index in [2.05, 4.69) is 15.3 Å². The number of amides is 1. The van der Waals surface area contributed by atoms with E-state index in [4.69, 9.17) is 4.74 Å². The third kappa shape index (κ3) is 3.66. The van der Waals surface area contributed by atoms with Crippen LogP contribution in [-0.2, 0) is 6.54 Å². The number of carbonyl (C=O) groups excluding carboxylic acids is 1. The maximum absolute atomic E-state index is 12.7. The molecule has 7 heteroatoms. The molecule has 3 aromatic rings. The highest BCUT2D eigenvalue weighted by molar-refractivity contribution is 7.98. The summed E-state index contributed by atoms with van der Waals surface area (Å²) in [5.74, 6) is 0.298. The van der Waals surface area contributed by atoms with Gasteiger partial charge >= 0.3 is 0 Å². The number of methoxy groups -OCH3 is 1. The molecule has 0 saturated heterocycles. The monoisotopic (exact) mass is 354 g/mol. The van der Waals surface area contributed by atoms with Crippen molar-refractivity contribution in [1.82, 2.24) is 19.9 Å². The molecule has 3 rings (SSSR count). The van der Waals surface area contributed by atoms with Crippen molar-refractivity contribution >= 4 is 17.7 Å². The van der Waals surface area contributed by atoms with Gasteiger partial charge in [-0.15, -0.1) is 0 Å². The molecular weight excluding hydrogens is 336 g/mol. The van der Waals surface area contributed by atoms with Crippen LogP contribution in [-0.4, -0.2) is 33.8 Å². The Bertz CT molecular complexity index is 865. The van der Waals surface area contributed by atoms with Crippen LogP contribution in [0, 0.1) is 0 Å². The Kier molecular flexibility index (Phi) is 5.35. The second kappa shape index (κ2) is 7.85. The summed E-state index contributed by atoms with van der Waals surface area (Å²) in [5.41, 5.74) is 2.20. The normalized spacial score (nSPS) is 10.5. The number of para-hydroxylation sites is 1. The number of nitrogens with zero attached hydrogens (tertiary/aromatic N) is 3. The molecule has 1 amide bonds. The minimum atomic E-state index is -0.206. The lowest BCUT2D eigenvalue weighted by Crippen LogP contribution is -2.25. The van der Waals surface area contributed by atoms with Gasteiger partial charge in [-0.05, 0) is 24.5 Å². The van der Waals surface area contributed by atoms with E-state index in [1.807, 2.05) is 53.3 Å². The minimum Gasteiger partial charge on any atom is -0.481 e.